The van der Waals surface area contributed by atoms with Gasteiger partial charge in [-0.2, -0.15) is 5.10 Å². The topological polar surface area (TPSA) is 113 Å². The first-order chi connectivity index (χ1) is 14.8. The van der Waals surface area contributed by atoms with Gasteiger partial charge in [-0.05, 0) is 58.3 Å². The predicted octanol–water partition coefficient (Wildman–Crippen LogP) is 3.21. The van der Waals surface area contributed by atoms with Crippen molar-refractivity contribution in [1.29, 1.82) is 0 Å². The van der Waals surface area contributed by atoms with Gasteiger partial charge in [0.2, 0.25) is 5.91 Å². The molecule has 1 aromatic heterocycles. The number of anilines is 1. The van der Waals surface area contributed by atoms with Crippen LogP contribution < -0.4 is 10.6 Å². The molecule has 1 heterocycles. The van der Waals surface area contributed by atoms with Crippen molar-refractivity contribution in [3.05, 3.63) is 23.0 Å². The zero-order chi connectivity index (χ0) is 22.3. The average molecular weight is 429 g/mol. The summed E-state index contributed by atoms with van der Waals surface area (Å²) < 4.78 is 1.62. The van der Waals surface area contributed by atoms with Crippen LogP contribution in [0.2, 0.25) is 0 Å². The highest BCUT2D eigenvalue weighted by atomic mass is 16.4. The van der Waals surface area contributed by atoms with Crippen LogP contribution >= 0.6 is 0 Å². The normalized spacial score (nSPS) is 27.5. The highest BCUT2D eigenvalue weighted by Crippen LogP contribution is 2.57. The average Bonchev–Trinajstić information content (AvgIpc) is 3.49. The molecule has 168 valence electrons. The molecule has 8 heteroatoms. The maximum Gasteiger partial charge on any atom is 0.307 e. The van der Waals surface area contributed by atoms with Crippen molar-refractivity contribution in [2.45, 2.75) is 71.9 Å². The summed E-state index contributed by atoms with van der Waals surface area (Å²) in [7, 11) is 0. The third kappa shape index (κ3) is 3.88. The zero-order valence-corrected chi connectivity index (χ0v) is 18.5. The number of carboxylic acids is 1. The third-order valence-electron chi connectivity index (χ3n) is 7.26. The molecule has 4 rings (SSSR count). The number of hydrogen-bond acceptors (Lipinski definition) is 4. The third-order valence-corrected chi connectivity index (χ3v) is 7.26. The molecule has 1 aromatic rings. The Hall–Kier alpha value is -2.64. The lowest BCUT2D eigenvalue weighted by molar-refractivity contribution is -0.148. The molecule has 2 bridgehead atoms. The largest absolute Gasteiger partial charge is 0.481 e. The van der Waals surface area contributed by atoms with Gasteiger partial charge in [0.1, 0.15) is 0 Å². The number of fused-ring (bicyclic) bond motifs is 2. The van der Waals surface area contributed by atoms with Gasteiger partial charge in [-0.3, -0.25) is 19.1 Å². The van der Waals surface area contributed by atoms with Crippen molar-refractivity contribution in [3.8, 4) is 0 Å². The Kier molecular flexibility index (Phi) is 5.90. The molecule has 2 amide bonds. The number of allylic oxidation sites excluding steroid dienone is 2. The van der Waals surface area contributed by atoms with Crippen LogP contribution in [-0.2, 0) is 16.1 Å². The second-order valence-corrected chi connectivity index (χ2v) is 9.33. The van der Waals surface area contributed by atoms with Crippen molar-refractivity contribution in [3.63, 3.8) is 0 Å². The van der Waals surface area contributed by atoms with Gasteiger partial charge in [0.15, 0.2) is 5.69 Å². The number of carbonyl (C=O) groups excluding carboxylic acids is 2. The minimum atomic E-state index is -0.922. The molecule has 0 unspecified atom stereocenters. The first-order valence-electron chi connectivity index (χ1n) is 11.4. The zero-order valence-electron chi connectivity index (χ0n) is 18.5. The van der Waals surface area contributed by atoms with Gasteiger partial charge < -0.3 is 15.7 Å². The number of nitrogens with one attached hydrogen (secondary N) is 2. The molecule has 31 heavy (non-hydrogen) atoms. The molecule has 8 nitrogen and oxygen atoms in total. The monoisotopic (exact) mass is 428 g/mol. The predicted molar refractivity (Wildman–Crippen MR) is 115 cm³/mol. The van der Waals surface area contributed by atoms with Crippen LogP contribution in [0.15, 0.2) is 17.3 Å². The quantitative estimate of drug-likeness (QED) is 0.602. The van der Waals surface area contributed by atoms with E-state index in [-0.39, 0.29) is 35.4 Å². The van der Waals surface area contributed by atoms with Crippen LogP contribution in [0.3, 0.4) is 0 Å². The molecule has 4 atom stereocenters. The fourth-order valence-corrected chi connectivity index (χ4v) is 5.99. The maximum absolute atomic E-state index is 13.3. The van der Waals surface area contributed by atoms with Crippen molar-refractivity contribution in [2.75, 3.05) is 5.32 Å². The Morgan fingerprint density at radius 3 is 2.32 bits per heavy atom. The Labute approximate surface area is 182 Å². The lowest BCUT2D eigenvalue weighted by Crippen LogP contribution is -2.38. The molecular weight excluding hydrogens is 396 g/mol. The summed E-state index contributed by atoms with van der Waals surface area (Å²) in [6, 6.07) is 0.144. The van der Waals surface area contributed by atoms with E-state index in [0.717, 1.165) is 49.7 Å². The van der Waals surface area contributed by atoms with Gasteiger partial charge in [0.05, 0.1) is 17.5 Å². The van der Waals surface area contributed by atoms with Gasteiger partial charge in [0.25, 0.3) is 5.91 Å². The van der Waals surface area contributed by atoms with Crippen molar-refractivity contribution < 1.29 is 19.5 Å². The van der Waals surface area contributed by atoms with E-state index in [1.165, 1.54) is 0 Å². The maximum atomic E-state index is 13.3. The van der Waals surface area contributed by atoms with E-state index in [1.807, 2.05) is 20.8 Å². The number of amides is 2. The summed E-state index contributed by atoms with van der Waals surface area (Å²) in [6.07, 6.45) is 7.42. The van der Waals surface area contributed by atoms with Crippen molar-refractivity contribution >= 4 is 23.5 Å². The van der Waals surface area contributed by atoms with E-state index < -0.39 is 17.8 Å². The number of hydrogen-bond donors (Lipinski definition) is 3. The molecule has 0 spiro atoms. The molecule has 3 N–H and O–H groups in total. The number of carbonyl (C=O) groups is 3. The van der Waals surface area contributed by atoms with Crippen LogP contribution in [0, 0.1) is 23.7 Å². The smallest absolute Gasteiger partial charge is 0.307 e. The van der Waals surface area contributed by atoms with Crippen LogP contribution in [-0.4, -0.2) is 38.7 Å². The first-order valence-corrected chi connectivity index (χ1v) is 11.4. The number of aryl methyl sites for hydroxylation is 1. The second kappa shape index (κ2) is 8.48. The van der Waals surface area contributed by atoms with E-state index >= 15 is 0 Å². The van der Waals surface area contributed by atoms with Gasteiger partial charge in [-0.1, -0.05) is 24.0 Å². The van der Waals surface area contributed by atoms with Crippen LogP contribution in [0.4, 0.5) is 5.69 Å². The Morgan fingerprint density at radius 2 is 1.74 bits per heavy atom. The number of rotatable bonds is 6. The highest BCUT2D eigenvalue weighted by Gasteiger charge is 2.57. The summed E-state index contributed by atoms with van der Waals surface area (Å²) in [4.78, 5) is 38.3. The minimum Gasteiger partial charge on any atom is -0.481 e. The van der Waals surface area contributed by atoms with E-state index in [2.05, 4.69) is 15.7 Å². The summed E-state index contributed by atoms with van der Waals surface area (Å²) in [5.74, 6) is -3.02. The minimum absolute atomic E-state index is 0.0481. The standard InChI is InChI=1S/C23H32N4O4/c1-4-27-11-16(20(26-27)22(29)24-13-7-5-6-8-13)25-21(28)18-14-9-10-15(17(14)12(2)3)19(18)23(30)31/h11,13-15,18-19H,4-10H2,1-3H3,(H,24,29)(H,25,28)(H,30,31)/t14-,15-,18+,19+/m0/s1. The molecule has 3 aliphatic carbocycles. The number of aliphatic carboxylic acids is 1. The van der Waals surface area contributed by atoms with Gasteiger partial charge in [-0.15, -0.1) is 0 Å². The number of carboxylic acid groups (broad SMARTS) is 1. The van der Waals surface area contributed by atoms with E-state index in [4.69, 9.17) is 0 Å². The second-order valence-electron chi connectivity index (χ2n) is 9.33. The summed E-state index contributed by atoms with van der Waals surface area (Å²) in [5.41, 5.74) is 2.80. The number of aromatic nitrogens is 2. The fraction of sp³-hybridized carbons (Fsp3) is 0.652. The van der Waals surface area contributed by atoms with Gasteiger partial charge in [0, 0.05) is 18.8 Å². The van der Waals surface area contributed by atoms with Gasteiger partial charge >= 0.3 is 5.97 Å². The van der Waals surface area contributed by atoms with Gasteiger partial charge in [-0.25, -0.2) is 0 Å². The first kappa shape index (κ1) is 21.6. The molecule has 3 fully saturated rings. The van der Waals surface area contributed by atoms with E-state index in [9.17, 15) is 19.5 Å². The van der Waals surface area contributed by atoms with Crippen molar-refractivity contribution in [1.82, 2.24) is 15.1 Å². The molecule has 3 aliphatic rings. The molecule has 3 saturated carbocycles. The molecule has 0 aromatic carbocycles. The SMILES string of the molecule is CCn1cc(NC(=O)[C@H]2[C@H](C(=O)O)[C@H]3CC[C@H]2C3=C(C)C)c(C(=O)NC2CCCC2)n1. The van der Waals surface area contributed by atoms with Crippen LogP contribution in [0.25, 0.3) is 0 Å². The lowest BCUT2D eigenvalue weighted by atomic mass is 9.78. The lowest BCUT2D eigenvalue weighted by Gasteiger charge is -2.26. The van der Waals surface area contributed by atoms with E-state index in [0.29, 0.717) is 12.2 Å². The molecule has 0 radical (unpaired) electrons. The molecule has 0 aliphatic heterocycles. The van der Waals surface area contributed by atoms with Crippen molar-refractivity contribution in [2.24, 2.45) is 23.7 Å². The fourth-order valence-electron chi connectivity index (χ4n) is 5.99. The summed E-state index contributed by atoms with van der Waals surface area (Å²) in [6.45, 7) is 6.47. The summed E-state index contributed by atoms with van der Waals surface area (Å²) >= 11 is 0. The Balaban J connectivity index is 1.58. The van der Waals surface area contributed by atoms with E-state index in [1.54, 1.807) is 10.9 Å². The molecule has 0 saturated heterocycles. The summed E-state index contributed by atoms with van der Waals surface area (Å²) in [5, 5.41) is 20.1. The number of nitrogens with zero attached hydrogens (tertiary/aromatic N) is 2. The molecular formula is C23H32N4O4. The van der Waals surface area contributed by atoms with Crippen LogP contribution in [0.1, 0.15) is 69.8 Å². The van der Waals surface area contributed by atoms with Crippen LogP contribution in [0.5, 0.6) is 0 Å². The highest BCUT2D eigenvalue weighted by molar-refractivity contribution is 6.04. The Bertz CT molecular complexity index is 924. The Morgan fingerprint density at radius 1 is 1.10 bits per heavy atom.